The molecule has 1 aliphatic rings. The van der Waals surface area contributed by atoms with Crippen molar-refractivity contribution >= 4 is 21.6 Å². The highest BCUT2D eigenvalue weighted by Crippen LogP contribution is 2.32. The summed E-state index contributed by atoms with van der Waals surface area (Å²) in [6, 6.07) is 8.15. The number of hydrogen-bond donors (Lipinski definition) is 1. The summed E-state index contributed by atoms with van der Waals surface area (Å²) in [6.45, 7) is 2.57. The Kier molecular flexibility index (Phi) is 4.67. The summed E-state index contributed by atoms with van der Waals surface area (Å²) < 4.78 is 6.67. The van der Waals surface area contributed by atoms with Crippen molar-refractivity contribution in [2.75, 3.05) is 25.1 Å². The van der Waals surface area contributed by atoms with Crippen LogP contribution in [0, 0.1) is 5.92 Å². The molecule has 0 amide bonds. The molecule has 2 rings (SSSR count). The van der Waals surface area contributed by atoms with Crippen molar-refractivity contribution in [3.05, 3.63) is 28.7 Å². The number of para-hydroxylation sites is 1. The first-order chi connectivity index (χ1) is 7.86. The molecule has 0 spiro atoms. The van der Waals surface area contributed by atoms with Crippen molar-refractivity contribution in [3.8, 4) is 0 Å². The highest BCUT2D eigenvalue weighted by Gasteiger charge is 2.20. The lowest BCUT2D eigenvalue weighted by Crippen LogP contribution is -2.10. The van der Waals surface area contributed by atoms with Gasteiger partial charge in [-0.2, -0.15) is 0 Å². The molecule has 3 heteroatoms. The molecule has 0 bridgehead atoms. The Labute approximate surface area is 106 Å². The van der Waals surface area contributed by atoms with E-state index in [9.17, 15) is 0 Å². The van der Waals surface area contributed by atoms with Crippen molar-refractivity contribution in [2.45, 2.75) is 19.3 Å². The number of halogens is 1. The molecule has 2 nitrogen and oxygen atoms in total. The van der Waals surface area contributed by atoms with E-state index in [-0.39, 0.29) is 0 Å². The topological polar surface area (TPSA) is 21.3 Å². The van der Waals surface area contributed by atoms with Crippen LogP contribution in [0.4, 0.5) is 5.69 Å². The summed E-state index contributed by atoms with van der Waals surface area (Å²) in [5, 5.41) is 3.34. The van der Waals surface area contributed by atoms with Crippen molar-refractivity contribution < 1.29 is 4.74 Å². The number of nitrogens with one attached hydrogen (secondary N) is 1. The monoisotopic (exact) mass is 283 g/mol. The molecule has 0 aromatic heterocycles. The average molecular weight is 284 g/mol. The van der Waals surface area contributed by atoms with Gasteiger partial charge in [0.05, 0.1) is 6.61 Å². The summed E-state index contributed by atoms with van der Waals surface area (Å²) in [5.74, 6) is 0.969. The Balaban J connectivity index is 1.55. The van der Waals surface area contributed by atoms with Gasteiger partial charge in [-0.1, -0.05) is 25.0 Å². The predicted molar refractivity (Wildman–Crippen MR) is 70.8 cm³/mol. The minimum Gasteiger partial charge on any atom is -0.382 e. The lowest BCUT2D eigenvalue weighted by Gasteiger charge is -2.08. The molecule has 1 saturated carbocycles. The summed E-state index contributed by atoms with van der Waals surface area (Å²) in [6.07, 6.45) is 4.08. The van der Waals surface area contributed by atoms with Gasteiger partial charge in [0.25, 0.3) is 0 Å². The van der Waals surface area contributed by atoms with E-state index in [2.05, 4.69) is 27.3 Å². The van der Waals surface area contributed by atoms with E-state index in [0.717, 1.165) is 35.8 Å². The van der Waals surface area contributed by atoms with Crippen LogP contribution in [0.1, 0.15) is 19.3 Å². The van der Waals surface area contributed by atoms with Crippen LogP contribution in [-0.4, -0.2) is 19.8 Å². The first kappa shape index (κ1) is 11.9. The zero-order valence-electron chi connectivity index (χ0n) is 9.42. The molecule has 0 heterocycles. The van der Waals surface area contributed by atoms with Gasteiger partial charge in [0, 0.05) is 23.3 Å². The summed E-state index contributed by atoms with van der Waals surface area (Å²) in [4.78, 5) is 0. The number of ether oxygens (including phenoxy) is 1. The molecule has 0 saturated heterocycles. The van der Waals surface area contributed by atoms with Crippen LogP contribution < -0.4 is 5.32 Å². The second-order valence-corrected chi connectivity index (χ2v) is 5.11. The molecule has 0 atom stereocenters. The number of anilines is 1. The van der Waals surface area contributed by atoms with Crippen molar-refractivity contribution in [3.63, 3.8) is 0 Å². The van der Waals surface area contributed by atoms with Gasteiger partial charge >= 0.3 is 0 Å². The molecule has 0 aliphatic heterocycles. The number of benzene rings is 1. The smallest absolute Gasteiger partial charge is 0.0639 e. The van der Waals surface area contributed by atoms with Gasteiger partial charge < -0.3 is 10.1 Å². The minimum atomic E-state index is 0.786. The minimum absolute atomic E-state index is 0.786. The fourth-order valence-electron chi connectivity index (χ4n) is 1.62. The maximum atomic E-state index is 5.57. The van der Waals surface area contributed by atoms with Crippen LogP contribution >= 0.6 is 15.9 Å². The Hall–Kier alpha value is -0.540. The van der Waals surface area contributed by atoms with E-state index >= 15 is 0 Å². The van der Waals surface area contributed by atoms with E-state index in [1.54, 1.807) is 0 Å². The SMILES string of the molecule is Brc1ccccc1NCCOCCC1CC1. The molecule has 1 aromatic rings. The van der Waals surface area contributed by atoms with Crippen LogP contribution in [-0.2, 0) is 4.74 Å². The average Bonchev–Trinajstić information content (AvgIpc) is 3.09. The van der Waals surface area contributed by atoms with Gasteiger partial charge in [0.15, 0.2) is 0 Å². The third-order valence-electron chi connectivity index (χ3n) is 2.80. The van der Waals surface area contributed by atoms with Gasteiger partial charge in [-0.05, 0) is 40.4 Å². The molecule has 1 N–H and O–H groups in total. The van der Waals surface area contributed by atoms with Crippen molar-refractivity contribution in [1.82, 2.24) is 0 Å². The van der Waals surface area contributed by atoms with E-state index in [4.69, 9.17) is 4.74 Å². The Bertz CT molecular complexity index is 325. The predicted octanol–water partition coefficient (Wildman–Crippen LogP) is 3.68. The quantitative estimate of drug-likeness (QED) is 0.771. The Morgan fingerprint density at radius 2 is 2.06 bits per heavy atom. The van der Waals surface area contributed by atoms with Gasteiger partial charge in [-0.15, -0.1) is 0 Å². The van der Waals surface area contributed by atoms with Crippen LogP contribution in [0.15, 0.2) is 28.7 Å². The zero-order valence-corrected chi connectivity index (χ0v) is 11.0. The summed E-state index contributed by atoms with van der Waals surface area (Å²) in [5.41, 5.74) is 1.13. The molecule has 0 unspecified atom stereocenters. The number of hydrogen-bond acceptors (Lipinski definition) is 2. The van der Waals surface area contributed by atoms with E-state index in [1.165, 1.54) is 19.3 Å². The first-order valence-corrected chi connectivity index (χ1v) is 6.71. The van der Waals surface area contributed by atoms with Crippen LogP contribution in [0.25, 0.3) is 0 Å². The fourth-order valence-corrected chi connectivity index (χ4v) is 2.05. The van der Waals surface area contributed by atoms with Gasteiger partial charge in [0.2, 0.25) is 0 Å². The molecule has 1 aromatic carbocycles. The summed E-state index contributed by atoms with van der Waals surface area (Å²) >= 11 is 3.50. The normalized spacial score (nSPS) is 15.1. The lowest BCUT2D eigenvalue weighted by atomic mass is 10.3. The highest BCUT2D eigenvalue weighted by molar-refractivity contribution is 9.10. The molecule has 0 radical (unpaired) electrons. The fraction of sp³-hybridized carbons (Fsp3) is 0.538. The second-order valence-electron chi connectivity index (χ2n) is 4.25. The van der Waals surface area contributed by atoms with E-state index < -0.39 is 0 Å². The third-order valence-corrected chi connectivity index (χ3v) is 3.49. The van der Waals surface area contributed by atoms with Gasteiger partial charge in [0.1, 0.15) is 0 Å². The van der Waals surface area contributed by atoms with Gasteiger partial charge in [-0.3, -0.25) is 0 Å². The third kappa shape index (κ3) is 4.14. The van der Waals surface area contributed by atoms with E-state index in [0.29, 0.717) is 0 Å². The molecular formula is C13H18BrNO. The van der Waals surface area contributed by atoms with Crippen LogP contribution in [0.5, 0.6) is 0 Å². The molecule has 1 aliphatic carbocycles. The number of rotatable bonds is 7. The molecule has 1 fully saturated rings. The largest absolute Gasteiger partial charge is 0.382 e. The standard InChI is InChI=1S/C13H18BrNO/c14-12-3-1-2-4-13(12)15-8-10-16-9-7-11-5-6-11/h1-4,11,15H,5-10H2. The molecular weight excluding hydrogens is 266 g/mol. The van der Waals surface area contributed by atoms with Crippen molar-refractivity contribution in [2.24, 2.45) is 5.92 Å². The lowest BCUT2D eigenvalue weighted by molar-refractivity contribution is 0.137. The van der Waals surface area contributed by atoms with E-state index in [1.807, 2.05) is 18.2 Å². The maximum absolute atomic E-state index is 5.57. The van der Waals surface area contributed by atoms with Gasteiger partial charge in [-0.25, -0.2) is 0 Å². The van der Waals surface area contributed by atoms with Crippen LogP contribution in [0.3, 0.4) is 0 Å². The zero-order chi connectivity index (χ0) is 11.2. The second kappa shape index (κ2) is 6.26. The Morgan fingerprint density at radius 1 is 1.25 bits per heavy atom. The van der Waals surface area contributed by atoms with Crippen LogP contribution in [0.2, 0.25) is 0 Å². The Morgan fingerprint density at radius 3 is 2.81 bits per heavy atom. The summed E-state index contributed by atoms with van der Waals surface area (Å²) in [7, 11) is 0. The molecule has 88 valence electrons. The maximum Gasteiger partial charge on any atom is 0.0639 e. The molecule has 16 heavy (non-hydrogen) atoms. The first-order valence-electron chi connectivity index (χ1n) is 5.92. The highest BCUT2D eigenvalue weighted by atomic mass is 79.9. The van der Waals surface area contributed by atoms with Crippen molar-refractivity contribution in [1.29, 1.82) is 0 Å².